The molecular formula is C13H11BrO3. The predicted octanol–water partition coefficient (Wildman–Crippen LogP) is 3.44. The number of benzene rings is 2. The number of phenolic OH excluding ortho intramolecular Hbond substituents is 2. The number of rotatable bonds is 3. The van der Waals surface area contributed by atoms with Crippen LogP contribution in [0, 0.1) is 0 Å². The quantitative estimate of drug-likeness (QED) is 0.912. The Morgan fingerprint density at radius 3 is 2.41 bits per heavy atom. The number of halogens is 1. The number of hydrogen-bond acceptors (Lipinski definition) is 3. The van der Waals surface area contributed by atoms with Gasteiger partial charge in [-0.3, -0.25) is 0 Å². The Morgan fingerprint density at radius 2 is 1.71 bits per heavy atom. The molecule has 0 bridgehead atoms. The summed E-state index contributed by atoms with van der Waals surface area (Å²) in [5.74, 6) is -0.0919. The van der Waals surface area contributed by atoms with E-state index in [1.165, 1.54) is 6.07 Å². The van der Waals surface area contributed by atoms with Crippen LogP contribution in [0.3, 0.4) is 0 Å². The van der Waals surface area contributed by atoms with E-state index in [1.807, 2.05) is 30.3 Å². The monoisotopic (exact) mass is 294 g/mol. The first kappa shape index (κ1) is 11.8. The maximum atomic E-state index is 9.72. The van der Waals surface area contributed by atoms with Crippen LogP contribution >= 0.6 is 15.9 Å². The fourth-order valence-electron chi connectivity index (χ4n) is 1.41. The van der Waals surface area contributed by atoms with Gasteiger partial charge in [0.2, 0.25) is 5.75 Å². The Hall–Kier alpha value is -1.68. The van der Waals surface area contributed by atoms with Crippen LogP contribution in [-0.4, -0.2) is 10.2 Å². The van der Waals surface area contributed by atoms with E-state index in [4.69, 9.17) is 4.74 Å². The first-order valence-corrected chi connectivity index (χ1v) is 5.85. The third-order valence-corrected chi connectivity index (χ3v) is 2.93. The van der Waals surface area contributed by atoms with Gasteiger partial charge in [-0.1, -0.05) is 30.3 Å². The third-order valence-electron chi connectivity index (χ3n) is 2.29. The van der Waals surface area contributed by atoms with Gasteiger partial charge in [-0.2, -0.15) is 0 Å². The number of phenols is 2. The van der Waals surface area contributed by atoms with E-state index in [2.05, 4.69) is 15.9 Å². The SMILES string of the molecule is Oc1ccc(Br)c(O)c1OCc1ccccc1. The van der Waals surface area contributed by atoms with Crippen LogP contribution in [0.2, 0.25) is 0 Å². The van der Waals surface area contributed by atoms with Crippen molar-refractivity contribution in [2.24, 2.45) is 0 Å². The highest BCUT2D eigenvalue weighted by Gasteiger charge is 2.12. The minimum atomic E-state index is -0.0964. The molecule has 0 saturated carbocycles. The van der Waals surface area contributed by atoms with E-state index < -0.39 is 0 Å². The Balaban J connectivity index is 2.17. The average Bonchev–Trinajstić information content (AvgIpc) is 2.35. The molecule has 0 aliphatic rings. The van der Waals surface area contributed by atoms with Gasteiger partial charge < -0.3 is 14.9 Å². The maximum absolute atomic E-state index is 9.72. The smallest absolute Gasteiger partial charge is 0.204 e. The number of aromatic hydroxyl groups is 2. The molecule has 2 aromatic carbocycles. The van der Waals surface area contributed by atoms with E-state index in [9.17, 15) is 10.2 Å². The van der Waals surface area contributed by atoms with Crippen LogP contribution in [0.25, 0.3) is 0 Å². The van der Waals surface area contributed by atoms with Crippen molar-refractivity contribution in [1.82, 2.24) is 0 Å². The average molecular weight is 295 g/mol. The summed E-state index contributed by atoms with van der Waals surface area (Å²) in [4.78, 5) is 0. The fraction of sp³-hybridized carbons (Fsp3) is 0.0769. The summed E-state index contributed by atoms with van der Waals surface area (Å²) in [6.45, 7) is 0.290. The molecule has 2 aromatic rings. The molecule has 4 heteroatoms. The van der Waals surface area contributed by atoms with E-state index in [1.54, 1.807) is 6.07 Å². The predicted molar refractivity (Wildman–Crippen MR) is 68.2 cm³/mol. The summed E-state index contributed by atoms with van der Waals surface area (Å²) in [5.41, 5.74) is 0.964. The van der Waals surface area contributed by atoms with Gasteiger partial charge in [0.05, 0.1) is 4.47 Å². The lowest BCUT2D eigenvalue weighted by molar-refractivity contribution is 0.272. The van der Waals surface area contributed by atoms with E-state index >= 15 is 0 Å². The molecule has 0 aliphatic heterocycles. The molecule has 0 aliphatic carbocycles. The Kier molecular flexibility index (Phi) is 3.54. The second-order valence-corrected chi connectivity index (χ2v) is 4.37. The van der Waals surface area contributed by atoms with Gasteiger partial charge in [0.1, 0.15) is 6.61 Å². The highest BCUT2D eigenvalue weighted by molar-refractivity contribution is 9.10. The Bertz CT molecular complexity index is 512. The van der Waals surface area contributed by atoms with Crippen LogP contribution in [0.4, 0.5) is 0 Å². The zero-order chi connectivity index (χ0) is 12.3. The van der Waals surface area contributed by atoms with E-state index in [0.717, 1.165) is 5.56 Å². The molecule has 2 N–H and O–H groups in total. The molecule has 17 heavy (non-hydrogen) atoms. The zero-order valence-corrected chi connectivity index (χ0v) is 10.5. The molecular weight excluding hydrogens is 284 g/mol. The van der Waals surface area contributed by atoms with E-state index in [0.29, 0.717) is 11.1 Å². The summed E-state index contributed by atoms with van der Waals surface area (Å²) in [6, 6.07) is 12.6. The summed E-state index contributed by atoms with van der Waals surface area (Å²) in [5, 5.41) is 19.3. The van der Waals surface area contributed by atoms with Crippen molar-refractivity contribution >= 4 is 15.9 Å². The summed E-state index contributed by atoms with van der Waals surface area (Å²) in [7, 11) is 0. The molecule has 0 radical (unpaired) electrons. The normalized spacial score (nSPS) is 10.2. The number of ether oxygens (including phenoxy) is 1. The van der Waals surface area contributed by atoms with Gasteiger partial charge in [0.25, 0.3) is 0 Å². The van der Waals surface area contributed by atoms with Crippen molar-refractivity contribution in [3.63, 3.8) is 0 Å². The van der Waals surface area contributed by atoms with Crippen LogP contribution in [0.1, 0.15) is 5.56 Å². The first-order chi connectivity index (χ1) is 8.18. The lowest BCUT2D eigenvalue weighted by Crippen LogP contribution is -1.95. The highest BCUT2D eigenvalue weighted by Crippen LogP contribution is 2.41. The zero-order valence-electron chi connectivity index (χ0n) is 8.93. The van der Waals surface area contributed by atoms with Gasteiger partial charge in [0.15, 0.2) is 11.5 Å². The molecule has 0 spiro atoms. The van der Waals surface area contributed by atoms with Crippen LogP contribution in [-0.2, 0) is 6.61 Å². The second kappa shape index (κ2) is 5.10. The highest BCUT2D eigenvalue weighted by atomic mass is 79.9. The minimum absolute atomic E-state index is 0.0818. The van der Waals surface area contributed by atoms with Gasteiger partial charge in [-0.05, 0) is 33.6 Å². The molecule has 0 atom stereocenters. The van der Waals surface area contributed by atoms with Crippen molar-refractivity contribution in [3.05, 3.63) is 52.5 Å². The lowest BCUT2D eigenvalue weighted by atomic mass is 10.2. The summed E-state index contributed by atoms with van der Waals surface area (Å²) < 4.78 is 5.89. The molecule has 0 amide bonds. The molecule has 3 nitrogen and oxygen atoms in total. The van der Waals surface area contributed by atoms with E-state index in [-0.39, 0.29) is 17.2 Å². The largest absolute Gasteiger partial charge is 0.504 e. The Morgan fingerprint density at radius 1 is 1.00 bits per heavy atom. The van der Waals surface area contributed by atoms with Crippen LogP contribution in [0.5, 0.6) is 17.2 Å². The van der Waals surface area contributed by atoms with Gasteiger partial charge in [-0.25, -0.2) is 0 Å². The lowest BCUT2D eigenvalue weighted by Gasteiger charge is -2.10. The number of hydrogen-bond donors (Lipinski definition) is 2. The van der Waals surface area contributed by atoms with Crippen molar-refractivity contribution in [1.29, 1.82) is 0 Å². The van der Waals surface area contributed by atoms with Gasteiger partial charge in [-0.15, -0.1) is 0 Å². The van der Waals surface area contributed by atoms with Crippen molar-refractivity contribution in [2.75, 3.05) is 0 Å². The topological polar surface area (TPSA) is 49.7 Å². The van der Waals surface area contributed by atoms with Crippen molar-refractivity contribution in [3.8, 4) is 17.2 Å². The third kappa shape index (κ3) is 2.71. The molecule has 88 valence electrons. The first-order valence-electron chi connectivity index (χ1n) is 5.05. The molecule has 2 rings (SSSR count). The molecule has 0 aromatic heterocycles. The molecule has 0 heterocycles. The molecule has 0 saturated heterocycles. The standard InChI is InChI=1S/C13H11BrO3/c14-10-6-7-11(15)13(12(10)16)17-8-9-4-2-1-3-5-9/h1-7,15-16H,8H2. The Labute approximate surface area is 107 Å². The second-order valence-electron chi connectivity index (χ2n) is 3.52. The fourth-order valence-corrected chi connectivity index (χ4v) is 1.72. The van der Waals surface area contributed by atoms with Crippen LogP contribution < -0.4 is 4.74 Å². The van der Waals surface area contributed by atoms with Crippen molar-refractivity contribution in [2.45, 2.75) is 6.61 Å². The summed E-state index contributed by atoms with van der Waals surface area (Å²) >= 11 is 3.17. The summed E-state index contributed by atoms with van der Waals surface area (Å²) in [6.07, 6.45) is 0. The maximum Gasteiger partial charge on any atom is 0.204 e. The van der Waals surface area contributed by atoms with Gasteiger partial charge >= 0.3 is 0 Å². The van der Waals surface area contributed by atoms with Crippen LogP contribution in [0.15, 0.2) is 46.9 Å². The van der Waals surface area contributed by atoms with Gasteiger partial charge in [0, 0.05) is 0 Å². The van der Waals surface area contributed by atoms with Crippen molar-refractivity contribution < 1.29 is 14.9 Å². The molecule has 0 fully saturated rings. The minimum Gasteiger partial charge on any atom is -0.504 e. The molecule has 0 unspecified atom stereocenters.